The van der Waals surface area contributed by atoms with E-state index in [9.17, 15) is 14.7 Å². The van der Waals surface area contributed by atoms with Gasteiger partial charge in [-0.05, 0) is 18.2 Å². The molecule has 0 bridgehead atoms. The molecule has 3 N–H and O–H groups in total. The Hall–Kier alpha value is -3.10. The zero-order chi connectivity index (χ0) is 19.8. The Labute approximate surface area is 162 Å². The average molecular weight is 382 g/mol. The number of aliphatic hydroxyl groups excluding tert-OH is 1. The van der Waals surface area contributed by atoms with Crippen LogP contribution in [0.1, 0.15) is 22.5 Å². The fraction of sp³-hybridized carbons (Fsp3) is 0.300. The lowest BCUT2D eigenvalue weighted by molar-refractivity contribution is -0.125. The van der Waals surface area contributed by atoms with Gasteiger partial charge in [0.2, 0.25) is 5.91 Å². The largest absolute Gasteiger partial charge is 0.394 e. The Morgan fingerprint density at radius 2 is 1.96 bits per heavy atom. The SMILES string of the molecule is O=C(C[C@@H]1C=C[C@H](NC(=O)c2ccccc2)[C@H](CO)O1)NCc1ccncn1. The van der Waals surface area contributed by atoms with Gasteiger partial charge in [0.1, 0.15) is 12.4 Å². The highest BCUT2D eigenvalue weighted by atomic mass is 16.5. The van der Waals surface area contributed by atoms with Crippen LogP contribution < -0.4 is 10.6 Å². The summed E-state index contributed by atoms with van der Waals surface area (Å²) in [5.41, 5.74) is 1.24. The molecule has 28 heavy (non-hydrogen) atoms. The van der Waals surface area contributed by atoms with E-state index < -0.39 is 18.2 Å². The second-order valence-electron chi connectivity index (χ2n) is 6.33. The van der Waals surface area contributed by atoms with Crippen molar-refractivity contribution in [2.75, 3.05) is 6.61 Å². The summed E-state index contributed by atoms with van der Waals surface area (Å²) in [4.78, 5) is 32.3. The Morgan fingerprint density at radius 1 is 1.14 bits per heavy atom. The summed E-state index contributed by atoms with van der Waals surface area (Å²) in [6.07, 6.45) is 5.52. The van der Waals surface area contributed by atoms with Crippen LogP contribution >= 0.6 is 0 Å². The zero-order valence-electron chi connectivity index (χ0n) is 15.2. The molecule has 0 radical (unpaired) electrons. The van der Waals surface area contributed by atoms with Crippen molar-refractivity contribution in [1.29, 1.82) is 0 Å². The van der Waals surface area contributed by atoms with Crippen LogP contribution in [0.5, 0.6) is 0 Å². The summed E-state index contributed by atoms with van der Waals surface area (Å²) in [6.45, 7) is 0.0279. The number of rotatable bonds is 7. The third kappa shape index (κ3) is 5.45. The minimum absolute atomic E-state index is 0.109. The van der Waals surface area contributed by atoms with Gasteiger partial charge in [-0.25, -0.2) is 9.97 Å². The number of amides is 2. The molecule has 0 spiro atoms. The van der Waals surface area contributed by atoms with Crippen molar-refractivity contribution in [3.63, 3.8) is 0 Å². The molecule has 2 amide bonds. The maximum Gasteiger partial charge on any atom is 0.251 e. The Morgan fingerprint density at radius 3 is 2.68 bits per heavy atom. The molecule has 0 saturated heterocycles. The van der Waals surface area contributed by atoms with Crippen molar-refractivity contribution in [2.24, 2.45) is 0 Å². The van der Waals surface area contributed by atoms with E-state index in [-0.39, 0.29) is 24.8 Å². The molecule has 0 fully saturated rings. The van der Waals surface area contributed by atoms with Crippen molar-refractivity contribution < 1.29 is 19.4 Å². The number of nitrogens with one attached hydrogen (secondary N) is 2. The lowest BCUT2D eigenvalue weighted by Crippen LogP contribution is -2.49. The standard InChI is InChI=1S/C20H22N4O4/c25-12-18-17(24-20(27)14-4-2-1-3-5-14)7-6-16(28-18)10-19(26)22-11-15-8-9-21-13-23-15/h1-9,13,16-18,25H,10-12H2,(H,22,26)(H,24,27)/t16-,17-,18-/m0/s1. The number of hydrogen-bond acceptors (Lipinski definition) is 6. The summed E-state index contributed by atoms with van der Waals surface area (Å²) in [6, 6.07) is 10.1. The average Bonchev–Trinajstić information content (AvgIpc) is 2.74. The van der Waals surface area contributed by atoms with Gasteiger partial charge in [0.05, 0.1) is 37.4 Å². The number of nitrogens with zero attached hydrogens (tertiary/aromatic N) is 2. The van der Waals surface area contributed by atoms with Gasteiger partial charge in [0.15, 0.2) is 0 Å². The molecule has 2 heterocycles. The summed E-state index contributed by atoms with van der Waals surface area (Å²) in [7, 11) is 0. The molecule has 2 aromatic rings. The van der Waals surface area contributed by atoms with Crippen molar-refractivity contribution in [2.45, 2.75) is 31.2 Å². The van der Waals surface area contributed by atoms with Gasteiger partial charge in [-0.3, -0.25) is 9.59 Å². The van der Waals surface area contributed by atoms with E-state index in [0.717, 1.165) is 0 Å². The predicted octanol–water partition coefficient (Wildman–Crippen LogP) is 0.597. The summed E-state index contributed by atoms with van der Waals surface area (Å²) >= 11 is 0. The lowest BCUT2D eigenvalue weighted by atomic mass is 10.0. The minimum atomic E-state index is -0.627. The smallest absolute Gasteiger partial charge is 0.251 e. The maximum absolute atomic E-state index is 12.3. The van der Waals surface area contributed by atoms with Crippen molar-refractivity contribution in [3.8, 4) is 0 Å². The molecule has 8 nitrogen and oxygen atoms in total. The number of carbonyl (C=O) groups is 2. The molecule has 146 valence electrons. The normalized spacial score (nSPS) is 21.1. The van der Waals surface area contributed by atoms with E-state index in [0.29, 0.717) is 17.8 Å². The van der Waals surface area contributed by atoms with Crippen molar-refractivity contribution in [1.82, 2.24) is 20.6 Å². The van der Waals surface area contributed by atoms with Gasteiger partial charge in [-0.2, -0.15) is 0 Å². The van der Waals surface area contributed by atoms with E-state index in [1.807, 2.05) is 6.07 Å². The molecule has 1 aliphatic rings. The number of aromatic nitrogens is 2. The molecule has 8 heteroatoms. The highest BCUT2D eigenvalue weighted by Crippen LogP contribution is 2.16. The first kappa shape index (κ1) is 19.7. The molecule has 0 aliphatic carbocycles. The fourth-order valence-electron chi connectivity index (χ4n) is 2.83. The highest BCUT2D eigenvalue weighted by molar-refractivity contribution is 5.94. The van der Waals surface area contributed by atoms with E-state index >= 15 is 0 Å². The molecule has 1 aromatic carbocycles. The third-order valence-corrected chi connectivity index (χ3v) is 4.29. The van der Waals surface area contributed by atoms with E-state index in [2.05, 4.69) is 20.6 Å². The molecule has 0 unspecified atom stereocenters. The van der Waals surface area contributed by atoms with E-state index in [1.165, 1.54) is 6.33 Å². The zero-order valence-corrected chi connectivity index (χ0v) is 15.2. The molecule has 3 rings (SSSR count). The van der Waals surface area contributed by atoms with Gasteiger partial charge in [0, 0.05) is 11.8 Å². The maximum atomic E-state index is 12.3. The number of hydrogen-bond donors (Lipinski definition) is 3. The molecule has 3 atom stereocenters. The highest BCUT2D eigenvalue weighted by Gasteiger charge is 2.29. The molecular weight excluding hydrogens is 360 g/mol. The quantitative estimate of drug-likeness (QED) is 0.605. The van der Waals surface area contributed by atoms with Crippen LogP contribution in [0.2, 0.25) is 0 Å². The lowest BCUT2D eigenvalue weighted by Gasteiger charge is -2.31. The first-order valence-corrected chi connectivity index (χ1v) is 8.98. The van der Waals surface area contributed by atoms with Crippen LogP contribution in [0.15, 0.2) is 61.1 Å². The van der Waals surface area contributed by atoms with Gasteiger partial charge in [-0.15, -0.1) is 0 Å². The van der Waals surface area contributed by atoms with Crippen LogP contribution in [0.4, 0.5) is 0 Å². The van der Waals surface area contributed by atoms with Gasteiger partial charge >= 0.3 is 0 Å². The Balaban J connectivity index is 1.52. The number of aliphatic hydroxyl groups is 1. The van der Waals surface area contributed by atoms with Crippen molar-refractivity contribution >= 4 is 11.8 Å². The minimum Gasteiger partial charge on any atom is -0.394 e. The second kappa shape index (κ2) is 9.72. The van der Waals surface area contributed by atoms with Crippen molar-refractivity contribution in [3.05, 3.63) is 72.3 Å². The monoisotopic (exact) mass is 382 g/mol. The van der Waals surface area contributed by atoms with Crippen LogP contribution in [0, 0.1) is 0 Å². The molecule has 1 aliphatic heterocycles. The molecular formula is C20H22N4O4. The van der Waals surface area contributed by atoms with Crippen LogP contribution in [0.25, 0.3) is 0 Å². The van der Waals surface area contributed by atoms with Gasteiger partial charge in [-0.1, -0.05) is 30.4 Å². The van der Waals surface area contributed by atoms with Crippen LogP contribution in [-0.4, -0.2) is 51.7 Å². The first-order chi connectivity index (χ1) is 13.7. The number of benzene rings is 1. The Bertz CT molecular complexity index is 813. The third-order valence-electron chi connectivity index (χ3n) is 4.29. The van der Waals surface area contributed by atoms with Crippen LogP contribution in [0.3, 0.4) is 0 Å². The van der Waals surface area contributed by atoms with Gasteiger partial charge < -0.3 is 20.5 Å². The van der Waals surface area contributed by atoms with E-state index in [4.69, 9.17) is 4.74 Å². The van der Waals surface area contributed by atoms with E-state index in [1.54, 1.807) is 48.7 Å². The van der Waals surface area contributed by atoms with Gasteiger partial charge in [0.25, 0.3) is 5.91 Å². The fourth-order valence-corrected chi connectivity index (χ4v) is 2.83. The topological polar surface area (TPSA) is 113 Å². The predicted molar refractivity (Wildman–Crippen MR) is 101 cm³/mol. The molecule has 1 aromatic heterocycles. The Kier molecular flexibility index (Phi) is 6.83. The summed E-state index contributed by atoms with van der Waals surface area (Å²) in [5, 5.41) is 15.2. The first-order valence-electron chi connectivity index (χ1n) is 8.98. The number of ether oxygens (including phenoxy) is 1. The molecule has 0 saturated carbocycles. The summed E-state index contributed by atoms with van der Waals surface area (Å²) < 4.78 is 5.77. The second-order valence-corrected chi connectivity index (χ2v) is 6.33. The number of carbonyl (C=O) groups excluding carboxylic acids is 2. The summed E-state index contributed by atoms with van der Waals surface area (Å²) in [5.74, 6) is -0.449. The van der Waals surface area contributed by atoms with Crippen LogP contribution in [-0.2, 0) is 16.1 Å².